The Kier molecular flexibility index (Phi) is 7.17. The summed E-state index contributed by atoms with van der Waals surface area (Å²) in [5.41, 5.74) is 4.31. The van der Waals surface area contributed by atoms with Crippen molar-refractivity contribution in [2.75, 3.05) is 44.6 Å². The lowest BCUT2D eigenvalue weighted by Gasteiger charge is -2.37. The Morgan fingerprint density at radius 2 is 1.65 bits per heavy atom. The fraction of sp³-hybridized carbons (Fsp3) is 0.600. The molecule has 0 saturated carbocycles. The first-order valence-electron chi connectivity index (χ1n) is 9.43. The number of amides is 2. The number of rotatable bonds is 6. The first kappa shape index (κ1) is 20.4. The molecular formula is C20H32N4O2. The molecule has 1 fully saturated rings. The molecule has 0 aliphatic carbocycles. The fourth-order valence-electron chi connectivity index (χ4n) is 3.54. The van der Waals surface area contributed by atoms with Gasteiger partial charge in [0.2, 0.25) is 11.8 Å². The molecule has 0 radical (unpaired) electrons. The first-order valence-corrected chi connectivity index (χ1v) is 9.43. The average Bonchev–Trinajstić information content (AvgIpc) is 2.58. The van der Waals surface area contributed by atoms with Gasteiger partial charge in [0, 0.05) is 38.4 Å². The molecule has 0 bridgehead atoms. The number of nitrogens with zero attached hydrogens (tertiary/aromatic N) is 2. The Hall–Kier alpha value is -1.92. The van der Waals surface area contributed by atoms with Crippen LogP contribution in [-0.2, 0) is 9.59 Å². The van der Waals surface area contributed by atoms with Crippen molar-refractivity contribution in [3.63, 3.8) is 0 Å². The van der Waals surface area contributed by atoms with Crippen molar-refractivity contribution < 1.29 is 9.59 Å². The van der Waals surface area contributed by atoms with Gasteiger partial charge >= 0.3 is 0 Å². The molecule has 1 aromatic carbocycles. The maximum Gasteiger partial charge on any atom is 0.241 e. The van der Waals surface area contributed by atoms with Gasteiger partial charge in [-0.1, -0.05) is 17.7 Å². The van der Waals surface area contributed by atoms with E-state index in [1.807, 2.05) is 27.7 Å². The van der Waals surface area contributed by atoms with E-state index in [-0.39, 0.29) is 17.9 Å². The molecule has 2 N–H and O–H groups in total. The first-order chi connectivity index (χ1) is 12.3. The minimum atomic E-state index is -0.193. The second kappa shape index (κ2) is 9.14. The summed E-state index contributed by atoms with van der Waals surface area (Å²) in [5, 5.41) is 5.93. The topological polar surface area (TPSA) is 64.7 Å². The van der Waals surface area contributed by atoms with Crippen LogP contribution < -0.4 is 10.6 Å². The van der Waals surface area contributed by atoms with Crippen LogP contribution in [0.4, 0.5) is 5.69 Å². The van der Waals surface area contributed by atoms with Crippen molar-refractivity contribution in [1.29, 1.82) is 0 Å². The molecule has 1 saturated heterocycles. The van der Waals surface area contributed by atoms with Gasteiger partial charge in [-0.15, -0.1) is 0 Å². The van der Waals surface area contributed by atoms with Crippen LogP contribution >= 0.6 is 0 Å². The lowest BCUT2D eigenvalue weighted by Crippen LogP contribution is -2.54. The quantitative estimate of drug-likeness (QED) is 0.810. The molecule has 6 heteroatoms. The molecule has 1 aliphatic rings. The predicted octanol–water partition coefficient (Wildman–Crippen LogP) is 1.69. The summed E-state index contributed by atoms with van der Waals surface area (Å²) in [6.45, 7) is 14.3. The van der Waals surface area contributed by atoms with Gasteiger partial charge < -0.3 is 10.6 Å². The van der Waals surface area contributed by atoms with E-state index < -0.39 is 0 Å². The predicted molar refractivity (Wildman–Crippen MR) is 105 cm³/mol. The van der Waals surface area contributed by atoms with Crippen molar-refractivity contribution in [3.8, 4) is 0 Å². The molecule has 6 nitrogen and oxygen atoms in total. The van der Waals surface area contributed by atoms with E-state index in [0.717, 1.165) is 43.0 Å². The second-order valence-electron chi connectivity index (χ2n) is 7.20. The van der Waals surface area contributed by atoms with Crippen molar-refractivity contribution in [3.05, 3.63) is 28.8 Å². The Morgan fingerprint density at radius 3 is 2.19 bits per heavy atom. The van der Waals surface area contributed by atoms with Crippen LogP contribution in [0.2, 0.25) is 0 Å². The number of likely N-dealkylation sites (N-methyl/N-ethyl adjacent to an activating group) is 1. The summed E-state index contributed by atoms with van der Waals surface area (Å²) >= 11 is 0. The summed E-state index contributed by atoms with van der Waals surface area (Å²) in [5.74, 6) is 0.0919. The third-order valence-corrected chi connectivity index (χ3v) is 5.00. The summed E-state index contributed by atoms with van der Waals surface area (Å²) in [7, 11) is 0. The van der Waals surface area contributed by atoms with Crippen molar-refractivity contribution >= 4 is 17.5 Å². The molecule has 0 spiro atoms. The molecule has 144 valence electrons. The van der Waals surface area contributed by atoms with Gasteiger partial charge in [-0.3, -0.25) is 19.4 Å². The van der Waals surface area contributed by atoms with E-state index in [0.29, 0.717) is 13.1 Å². The Morgan fingerprint density at radius 1 is 1.08 bits per heavy atom. The van der Waals surface area contributed by atoms with Gasteiger partial charge in [0.1, 0.15) is 0 Å². The number of aryl methyl sites for hydroxylation is 3. The SMILES string of the molecule is CCNC(=O)CN1CCN(C(C)C(=O)Nc2c(C)cc(C)cc2C)CC1. The number of piperazine rings is 1. The van der Waals surface area contributed by atoms with E-state index in [1.165, 1.54) is 5.56 Å². The number of anilines is 1. The zero-order valence-electron chi connectivity index (χ0n) is 16.7. The van der Waals surface area contributed by atoms with Gasteiger partial charge in [0.05, 0.1) is 12.6 Å². The number of hydrogen-bond acceptors (Lipinski definition) is 4. The highest BCUT2D eigenvalue weighted by atomic mass is 16.2. The third-order valence-electron chi connectivity index (χ3n) is 5.00. The molecule has 1 heterocycles. The summed E-state index contributed by atoms with van der Waals surface area (Å²) in [4.78, 5) is 28.7. The van der Waals surface area contributed by atoms with Crippen LogP contribution in [0.5, 0.6) is 0 Å². The minimum Gasteiger partial charge on any atom is -0.355 e. The zero-order chi connectivity index (χ0) is 19.3. The van der Waals surface area contributed by atoms with Crippen LogP contribution in [0.25, 0.3) is 0 Å². The molecule has 26 heavy (non-hydrogen) atoms. The standard InChI is InChI=1S/C20H32N4O2/c1-6-21-18(25)13-23-7-9-24(10-8-23)17(5)20(26)22-19-15(3)11-14(2)12-16(19)4/h11-12,17H,6-10,13H2,1-5H3,(H,21,25)(H,22,26). The van der Waals surface area contributed by atoms with Gasteiger partial charge in [-0.2, -0.15) is 0 Å². The molecule has 1 unspecified atom stereocenters. The molecule has 1 aromatic rings. The molecule has 0 aromatic heterocycles. The number of carbonyl (C=O) groups excluding carboxylic acids is 2. The molecule has 1 aliphatic heterocycles. The van der Waals surface area contributed by atoms with Crippen LogP contribution in [0, 0.1) is 20.8 Å². The van der Waals surface area contributed by atoms with Crippen molar-refractivity contribution in [1.82, 2.24) is 15.1 Å². The van der Waals surface area contributed by atoms with E-state index >= 15 is 0 Å². The highest BCUT2D eigenvalue weighted by Crippen LogP contribution is 2.22. The van der Waals surface area contributed by atoms with E-state index in [2.05, 4.69) is 39.5 Å². The van der Waals surface area contributed by atoms with Gasteiger partial charge in [0.15, 0.2) is 0 Å². The number of nitrogens with one attached hydrogen (secondary N) is 2. The van der Waals surface area contributed by atoms with Crippen LogP contribution in [0.3, 0.4) is 0 Å². The normalized spacial score (nSPS) is 17.0. The van der Waals surface area contributed by atoms with Crippen molar-refractivity contribution in [2.24, 2.45) is 0 Å². The largest absolute Gasteiger partial charge is 0.355 e. The van der Waals surface area contributed by atoms with Crippen LogP contribution in [0.1, 0.15) is 30.5 Å². The lowest BCUT2D eigenvalue weighted by molar-refractivity contribution is -0.124. The molecule has 2 amide bonds. The average molecular weight is 361 g/mol. The van der Waals surface area contributed by atoms with Crippen LogP contribution in [-0.4, -0.2) is 66.9 Å². The summed E-state index contributed by atoms with van der Waals surface area (Å²) in [6.07, 6.45) is 0. The molecular weight excluding hydrogens is 328 g/mol. The lowest BCUT2D eigenvalue weighted by atomic mass is 10.0. The molecule has 2 rings (SSSR count). The van der Waals surface area contributed by atoms with Gasteiger partial charge in [-0.25, -0.2) is 0 Å². The Bertz CT molecular complexity index is 628. The highest BCUT2D eigenvalue weighted by Gasteiger charge is 2.26. The zero-order valence-corrected chi connectivity index (χ0v) is 16.7. The van der Waals surface area contributed by atoms with Gasteiger partial charge in [-0.05, 0) is 45.7 Å². The smallest absolute Gasteiger partial charge is 0.241 e. The van der Waals surface area contributed by atoms with E-state index in [4.69, 9.17) is 0 Å². The number of hydrogen-bond donors (Lipinski definition) is 2. The Balaban J connectivity index is 1.89. The monoisotopic (exact) mass is 360 g/mol. The van der Waals surface area contributed by atoms with Crippen LogP contribution in [0.15, 0.2) is 12.1 Å². The Labute approximate surface area is 156 Å². The summed E-state index contributed by atoms with van der Waals surface area (Å²) < 4.78 is 0. The maximum absolute atomic E-state index is 12.7. The second-order valence-corrected chi connectivity index (χ2v) is 7.20. The summed E-state index contributed by atoms with van der Waals surface area (Å²) in [6, 6.07) is 3.99. The van der Waals surface area contributed by atoms with Crippen molar-refractivity contribution in [2.45, 2.75) is 40.7 Å². The third kappa shape index (κ3) is 5.29. The number of benzene rings is 1. The number of carbonyl (C=O) groups is 2. The van der Waals surface area contributed by atoms with E-state index in [9.17, 15) is 9.59 Å². The van der Waals surface area contributed by atoms with E-state index in [1.54, 1.807) is 0 Å². The maximum atomic E-state index is 12.7. The fourth-order valence-corrected chi connectivity index (χ4v) is 3.54. The van der Waals surface area contributed by atoms with Gasteiger partial charge in [0.25, 0.3) is 0 Å². The minimum absolute atomic E-state index is 0.0252. The highest BCUT2D eigenvalue weighted by molar-refractivity contribution is 5.96. The molecule has 1 atom stereocenters.